The molecule has 0 bridgehead atoms. The smallest absolute Gasteiger partial charge is 0.326 e. The van der Waals surface area contributed by atoms with Crippen molar-refractivity contribution in [1.29, 1.82) is 0 Å². The first-order valence-electron chi connectivity index (χ1n) is 17.5. The Morgan fingerprint density at radius 2 is 1.19 bits per heavy atom. The fraction of sp³-hybridized carbons (Fsp3) is 0.528. The molecule has 0 spiro atoms. The number of nitrogens with one attached hydrogen (secondary N) is 7. The highest BCUT2D eigenvalue weighted by Crippen LogP contribution is 2.10. The second-order valence-electron chi connectivity index (χ2n) is 13.8. The minimum Gasteiger partial charge on any atom is -0.480 e. The molecule has 10 N–H and O–H groups in total. The Morgan fingerprint density at radius 3 is 1.72 bits per heavy atom. The number of amides is 8. The van der Waals surface area contributed by atoms with Crippen LogP contribution in [-0.4, -0.2) is 102 Å². The zero-order valence-electron chi connectivity index (χ0n) is 31.7. The van der Waals surface area contributed by atoms with Crippen LogP contribution in [0.3, 0.4) is 0 Å². The van der Waals surface area contributed by atoms with Crippen molar-refractivity contribution in [2.24, 2.45) is 23.5 Å². The first-order valence-corrected chi connectivity index (χ1v) is 17.5. The predicted molar refractivity (Wildman–Crippen MR) is 197 cm³/mol. The molecule has 0 radical (unpaired) electrons. The van der Waals surface area contributed by atoms with Crippen LogP contribution in [0.15, 0.2) is 42.5 Å². The van der Waals surface area contributed by atoms with Crippen LogP contribution >= 0.6 is 0 Å². The molecule has 8 amide bonds. The van der Waals surface area contributed by atoms with E-state index >= 15 is 0 Å². The van der Waals surface area contributed by atoms with Gasteiger partial charge in [0.2, 0.25) is 47.3 Å². The molecular formula is C36H54N8O10. The van der Waals surface area contributed by atoms with Gasteiger partial charge in [-0.3, -0.25) is 38.4 Å². The summed E-state index contributed by atoms with van der Waals surface area (Å²) in [6, 6.07) is 3.17. The fourth-order valence-electron chi connectivity index (χ4n) is 4.84. The van der Waals surface area contributed by atoms with Gasteiger partial charge in [-0.1, -0.05) is 71.9 Å². The number of carboxylic acid groups (broad SMARTS) is 1. The van der Waals surface area contributed by atoms with Crippen molar-refractivity contribution in [2.45, 2.75) is 91.5 Å². The number of rotatable bonds is 22. The molecule has 0 aromatic heterocycles. The molecule has 0 aliphatic heterocycles. The summed E-state index contributed by atoms with van der Waals surface area (Å²) >= 11 is 0. The summed E-state index contributed by atoms with van der Waals surface area (Å²) in [7, 11) is 0. The lowest BCUT2D eigenvalue weighted by Crippen LogP contribution is -2.59. The normalized spacial score (nSPS) is 13.9. The van der Waals surface area contributed by atoms with Crippen LogP contribution in [0.5, 0.6) is 0 Å². The molecule has 54 heavy (non-hydrogen) atoms. The van der Waals surface area contributed by atoms with E-state index in [1.54, 1.807) is 58.0 Å². The van der Waals surface area contributed by atoms with Gasteiger partial charge in [0.1, 0.15) is 30.2 Å². The Bertz CT molecular complexity index is 1530. The predicted octanol–water partition coefficient (Wildman–Crippen LogP) is -1.61. The third-order valence-corrected chi connectivity index (χ3v) is 7.78. The maximum atomic E-state index is 13.3. The number of aliphatic carboxylic acids is 1. The second-order valence-corrected chi connectivity index (χ2v) is 13.8. The third-order valence-electron chi connectivity index (χ3n) is 7.78. The lowest BCUT2D eigenvalue weighted by Gasteiger charge is -2.28. The van der Waals surface area contributed by atoms with E-state index in [0.29, 0.717) is 5.56 Å². The molecule has 0 unspecified atom stereocenters. The van der Waals surface area contributed by atoms with Gasteiger partial charge < -0.3 is 48.1 Å². The first kappa shape index (κ1) is 46.2. The molecule has 0 aliphatic rings. The maximum absolute atomic E-state index is 13.3. The van der Waals surface area contributed by atoms with E-state index in [0.717, 1.165) is 12.2 Å². The molecule has 1 aromatic carbocycles. The van der Waals surface area contributed by atoms with Crippen LogP contribution in [0.4, 0.5) is 0 Å². The Labute approximate surface area is 314 Å². The molecule has 18 nitrogen and oxygen atoms in total. The summed E-state index contributed by atoms with van der Waals surface area (Å²) in [4.78, 5) is 112. The van der Waals surface area contributed by atoms with Gasteiger partial charge in [0.15, 0.2) is 0 Å². The molecular weight excluding hydrogens is 704 g/mol. The van der Waals surface area contributed by atoms with Gasteiger partial charge in [-0.15, -0.1) is 0 Å². The molecule has 5 atom stereocenters. The molecule has 18 heteroatoms. The number of primary amides is 1. The Morgan fingerprint density at radius 1 is 0.630 bits per heavy atom. The van der Waals surface area contributed by atoms with E-state index in [4.69, 9.17) is 5.73 Å². The number of nitrogens with two attached hydrogens (primary N) is 1. The fourth-order valence-corrected chi connectivity index (χ4v) is 4.84. The van der Waals surface area contributed by atoms with Crippen LogP contribution in [0.2, 0.25) is 0 Å². The largest absolute Gasteiger partial charge is 0.480 e. The van der Waals surface area contributed by atoms with E-state index < -0.39 is 102 Å². The topological polar surface area (TPSA) is 284 Å². The van der Waals surface area contributed by atoms with Crippen molar-refractivity contribution >= 4 is 53.2 Å². The van der Waals surface area contributed by atoms with Crippen LogP contribution in [0, 0.1) is 17.8 Å². The standard InChI is InChI=1S/C36H54N8O10/c1-19(2)15-24(34(51)44-31(21(5)6)35(52)43-30(20(3)4)32(37)49)42-33(50)22(7)40-27(46)14-13-26(45)38-17-28(47)39-18-29(48)41-25(36(53)54)16-23-11-9-8-10-12-23/h8-14,19-22,24-25,30-31H,15-18H2,1-7H3,(H2,37,49)(H,38,45)(H,39,47)(H,40,46)(H,41,48)(H,42,50)(H,43,52)(H,44,51)(H,53,54)/b14-13+/t22-,24-,25-,30-,31-/m0/s1. The molecule has 0 aliphatic carbocycles. The van der Waals surface area contributed by atoms with Gasteiger partial charge in [0, 0.05) is 18.6 Å². The Balaban J connectivity index is 2.65. The van der Waals surface area contributed by atoms with E-state index in [1.807, 2.05) is 13.8 Å². The van der Waals surface area contributed by atoms with Crippen molar-refractivity contribution in [3.8, 4) is 0 Å². The maximum Gasteiger partial charge on any atom is 0.326 e. The number of hydrogen-bond acceptors (Lipinski definition) is 9. The average molecular weight is 759 g/mol. The number of hydrogen-bond donors (Lipinski definition) is 9. The number of benzene rings is 1. The van der Waals surface area contributed by atoms with Crippen LogP contribution in [0.1, 0.15) is 60.5 Å². The van der Waals surface area contributed by atoms with Crippen molar-refractivity contribution in [2.75, 3.05) is 13.1 Å². The first-order chi connectivity index (χ1) is 25.2. The van der Waals surface area contributed by atoms with Gasteiger partial charge in [-0.25, -0.2) is 4.79 Å². The van der Waals surface area contributed by atoms with Crippen molar-refractivity contribution < 1.29 is 48.3 Å². The zero-order chi connectivity index (χ0) is 41.1. The minimum atomic E-state index is -1.25. The van der Waals surface area contributed by atoms with Crippen molar-refractivity contribution in [3.05, 3.63) is 48.0 Å². The molecule has 1 aromatic rings. The monoisotopic (exact) mass is 758 g/mol. The molecule has 0 saturated heterocycles. The van der Waals surface area contributed by atoms with Gasteiger partial charge >= 0.3 is 5.97 Å². The van der Waals surface area contributed by atoms with Crippen molar-refractivity contribution in [3.63, 3.8) is 0 Å². The van der Waals surface area contributed by atoms with Gasteiger partial charge in [0.25, 0.3) is 0 Å². The average Bonchev–Trinajstić information content (AvgIpc) is 3.08. The quantitative estimate of drug-likeness (QED) is 0.0610. The number of carboxylic acids is 1. The lowest BCUT2D eigenvalue weighted by atomic mass is 9.98. The molecule has 0 heterocycles. The molecule has 1 rings (SSSR count). The highest BCUT2D eigenvalue weighted by molar-refractivity contribution is 6.00. The van der Waals surface area contributed by atoms with Crippen LogP contribution in [0.25, 0.3) is 0 Å². The molecule has 0 saturated carbocycles. The summed E-state index contributed by atoms with van der Waals surface area (Å²) in [5, 5.41) is 26.4. The Hall–Kier alpha value is -5.81. The molecule has 0 fully saturated rings. The SMILES string of the molecule is CC(C)C[C@H](NC(=O)[C@H](C)NC(=O)/C=C/C(=O)NCC(=O)NCC(=O)N[C@@H](Cc1ccccc1)C(=O)O)C(=O)N[C@H](C(=O)N[C@H](C(N)=O)C(C)C)C(C)C. The van der Waals surface area contributed by atoms with E-state index in [-0.39, 0.29) is 24.7 Å². The minimum absolute atomic E-state index is 0.0338. The summed E-state index contributed by atoms with van der Waals surface area (Å²) in [5.41, 5.74) is 6.10. The lowest BCUT2D eigenvalue weighted by molar-refractivity contribution is -0.141. The Kier molecular flexibility index (Phi) is 19.7. The van der Waals surface area contributed by atoms with E-state index in [2.05, 4.69) is 37.2 Å². The van der Waals surface area contributed by atoms with Crippen LogP contribution in [-0.2, 0) is 49.6 Å². The highest BCUT2D eigenvalue weighted by atomic mass is 16.4. The van der Waals surface area contributed by atoms with Crippen molar-refractivity contribution in [1.82, 2.24) is 37.2 Å². The summed E-state index contributed by atoms with van der Waals surface area (Å²) in [6.45, 7) is 10.7. The number of carbonyl (C=O) groups excluding carboxylic acids is 8. The second kappa shape index (κ2) is 23.0. The van der Waals surface area contributed by atoms with Gasteiger partial charge in [0.05, 0.1) is 13.1 Å². The summed E-state index contributed by atoms with van der Waals surface area (Å²) < 4.78 is 0. The van der Waals surface area contributed by atoms with Gasteiger partial charge in [-0.2, -0.15) is 0 Å². The van der Waals surface area contributed by atoms with Gasteiger partial charge in [-0.05, 0) is 36.7 Å². The number of carbonyl (C=O) groups is 9. The summed E-state index contributed by atoms with van der Waals surface area (Å²) in [6.07, 6.45) is 1.86. The highest BCUT2D eigenvalue weighted by Gasteiger charge is 2.32. The van der Waals surface area contributed by atoms with E-state index in [1.165, 1.54) is 6.92 Å². The third kappa shape index (κ3) is 17.6. The summed E-state index contributed by atoms with van der Waals surface area (Å²) in [5.74, 6) is -7.92. The zero-order valence-corrected chi connectivity index (χ0v) is 31.7. The molecule has 298 valence electrons. The van der Waals surface area contributed by atoms with E-state index in [9.17, 15) is 48.3 Å². The van der Waals surface area contributed by atoms with Crippen LogP contribution < -0.4 is 43.0 Å².